The van der Waals surface area contributed by atoms with Crippen LogP contribution in [-0.4, -0.2) is 12.0 Å². The predicted octanol–water partition coefficient (Wildman–Crippen LogP) is 2.22. The zero-order chi connectivity index (χ0) is 11.3. The Morgan fingerprint density at radius 1 is 1.33 bits per heavy atom. The third-order valence-electron chi connectivity index (χ3n) is 2.10. The van der Waals surface area contributed by atoms with Crippen LogP contribution in [-0.2, 0) is 0 Å². The second kappa shape index (κ2) is 6.05. The summed E-state index contributed by atoms with van der Waals surface area (Å²) in [6.45, 7) is 0. The van der Waals surface area contributed by atoms with E-state index in [0.717, 1.165) is 18.2 Å². The summed E-state index contributed by atoms with van der Waals surface area (Å²) in [5.74, 6) is 5.07. The lowest BCUT2D eigenvalue weighted by atomic mass is 10.1. The molecule has 0 aliphatic heterocycles. The van der Waals surface area contributed by atoms with Gasteiger partial charge in [-0.15, -0.1) is 0 Å². The molecule has 0 aliphatic rings. The minimum atomic E-state index is -0.575. The summed E-state index contributed by atoms with van der Waals surface area (Å²) in [4.78, 5) is 0. The first-order valence-electron chi connectivity index (χ1n) is 4.58. The zero-order valence-corrected chi connectivity index (χ0v) is 9.28. The molecule has 84 valence electrons. The van der Waals surface area contributed by atoms with Gasteiger partial charge in [0.25, 0.3) is 0 Å². The fraction of sp³-hybridized carbons (Fsp3) is 0.400. The summed E-state index contributed by atoms with van der Waals surface area (Å²) < 4.78 is 25.9. The first-order valence-corrected chi connectivity index (χ1v) is 5.98. The van der Waals surface area contributed by atoms with Crippen molar-refractivity contribution < 1.29 is 8.78 Å². The fourth-order valence-electron chi connectivity index (χ4n) is 1.36. The minimum absolute atomic E-state index is 0.206. The molecule has 15 heavy (non-hydrogen) atoms. The molecule has 1 aromatic rings. The summed E-state index contributed by atoms with van der Waals surface area (Å²) in [5, 5.41) is 0. The smallest absolute Gasteiger partial charge is 0.126 e. The lowest BCUT2D eigenvalue weighted by molar-refractivity contribution is 0.524. The van der Waals surface area contributed by atoms with Crippen LogP contribution in [0.3, 0.4) is 0 Å². The molecule has 1 rings (SSSR count). The van der Waals surface area contributed by atoms with Crippen LogP contribution in [0.2, 0.25) is 0 Å². The molecule has 0 aromatic heterocycles. The summed E-state index contributed by atoms with van der Waals surface area (Å²) in [7, 11) is 0. The van der Waals surface area contributed by atoms with E-state index in [4.69, 9.17) is 5.84 Å². The Morgan fingerprint density at radius 2 is 1.93 bits per heavy atom. The van der Waals surface area contributed by atoms with Crippen LogP contribution in [0.15, 0.2) is 18.2 Å². The molecule has 1 atom stereocenters. The average Bonchev–Trinajstić information content (AvgIpc) is 2.17. The van der Waals surface area contributed by atoms with E-state index in [1.807, 2.05) is 6.26 Å². The molecule has 0 saturated heterocycles. The Kier molecular flexibility index (Phi) is 5.01. The van der Waals surface area contributed by atoms with E-state index >= 15 is 0 Å². The van der Waals surface area contributed by atoms with Crippen LogP contribution in [0.5, 0.6) is 0 Å². The Balaban J connectivity index is 2.81. The van der Waals surface area contributed by atoms with Gasteiger partial charge in [0, 0.05) is 12.1 Å². The molecular weight excluding hydrogens is 218 g/mol. The summed E-state index contributed by atoms with van der Waals surface area (Å²) >= 11 is 1.67. The number of hydrogen-bond donors (Lipinski definition) is 2. The van der Waals surface area contributed by atoms with Crippen LogP contribution in [0.1, 0.15) is 18.0 Å². The van der Waals surface area contributed by atoms with Gasteiger partial charge < -0.3 is 0 Å². The third kappa shape index (κ3) is 3.77. The minimum Gasteiger partial charge on any atom is -0.271 e. The van der Waals surface area contributed by atoms with E-state index in [9.17, 15) is 8.78 Å². The van der Waals surface area contributed by atoms with Crippen molar-refractivity contribution in [2.75, 3.05) is 12.0 Å². The van der Waals surface area contributed by atoms with E-state index in [2.05, 4.69) is 5.43 Å². The number of rotatable bonds is 5. The largest absolute Gasteiger partial charge is 0.271 e. The first kappa shape index (κ1) is 12.4. The highest BCUT2D eigenvalue weighted by atomic mass is 32.2. The predicted molar refractivity (Wildman–Crippen MR) is 59.4 cm³/mol. The van der Waals surface area contributed by atoms with E-state index in [1.54, 1.807) is 11.8 Å². The van der Waals surface area contributed by atoms with Crippen molar-refractivity contribution >= 4 is 11.8 Å². The number of halogens is 2. The normalized spacial score (nSPS) is 12.8. The second-order valence-electron chi connectivity index (χ2n) is 3.20. The summed E-state index contributed by atoms with van der Waals surface area (Å²) in [6, 6.07) is 3.25. The average molecular weight is 232 g/mol. The Morgan fingerprint density at radius 3 is 2.40 bits per heavy atom. The molecule has 0 spiro atoms. The van der Waals surface area contributed by atoms with Gasteiger partial charge >= 0.3 is 0 Å². The standard InChI is InChI=1S/C10H14F2N2S/c1-15-3-2-10(14-13)7-4-8(11)6-9(12)5-7/h4-6,10,14H,2-3,13H2,1H3. The van der Waals surface area contributed by atoms with E-state index in [-0.39, 0.29) is 6.04 Å². The molecule has 0 heterocycles. The lowest BCUT2D eigenvalue weighted by Crippen LogP contribution is -2.28. The summed E-state index contributed by atoms with van der Waals surface area (Å²) in [5.41, 5.74) is 3.11. The maximum atomic E-state index is 12.9. The van der Waals surface area contributed by atoms with Gasteiger partial charge in [-0.2, -0.15) is 11.8 Å². The van der Waals surface area contributed by atoms with Gasteiger partial charge in [0.1, 0.15) is 11.6 Å². The number of hydrogen-bond acceptors (Lipinski definition) is 3. The number of hydrazine groups is 1. The second-order valence-corrected chi connectivity index (χ2v) is 4.19. The molecule has 1 aromatic carbocycles. The maximum Gasteiger partial charge on any atom is 0.126 e. The molecule has 0 aliphatic carbocycles. The fourth-order valence-corrected chi connectivity index (χ4v) is 1.83. The Hall–Kier alpha value is -0.650. The van der Waals surface area contributed by atoms with Gasteiger partial charge in [-0.3, -0.25) is 11.3 Å². The quantitative estimate of drug-likeness (QED) is 0.604. The van der Waals surface area contributed by atoms with Crippen LogP contribution >= 0.6 is 11.8 Å². The highest BCUT2D eigenvalue weighted by Gasteiger charge is 2.11. The van der Waals surface area contributed by atoms with Gasteiger partial charge in [0.2, 0.25) is 0 Å². The first-order chi connectivity index (χ1) is 7.17. The van der Waals surface area contributed by atoms with Crippen molar-refractivity contribution in [3.8, 4) is 0 Å². The molecule has 0 amide bonds. The van der Waals surface area contributed by atoms with Crippen LogP contribution in [0, 0.1) is 11.6 Å². The highest BCUT2D eigenvalue weighted by Crippen LogP contribution is 2.19. The molecule has 0 radical (unpaired) electrons. The van der Waals surface area contributed by atoms with Crippen LogP contribution in [0.4, 0.5) is 8.78 Å². The maximum absolute atomic E-state index is 12.9. The lowest BCUT2D eigenvalue weighted by Gasteiger charge is -2.15. The Bertz CT molecular complexity index is 300. The molecule has 5 heteroatoms. The number of nitrogens with one attached hydrogen (secondary N) is 1. The Labute approximate surface area is 92.2 Å². The molecule has 0 fully saturated rings. The molecule has 3 N–H and O–H groups in total. The van der Waals surface area contributed by atoms with Crippen LogP contribution in [0.25, 0.3) is 0 Å². The number of nitrogens with two attached hydrogens (primary N) is 1. The van der Waals surface area contributed by atoms with Gasteiger partial charge in [-0.05, 0) is 36.1 Å². The molecule has 2 nitrogen and oxygen atoms in total. The van der Waals surface area contributed by atoms with E-state index in [1.165, 1.54) is 12.1 Å². The molecular formula is C10H14F2N2S. The number of thioether (sulfide) groups is 1. The zero-order valence-electron chi connectivity index (χ0n) is 8.47. The molecule has 0 saturated carbocycles. The highest BCUT2D eigenvalue weighted by molar-refractivity contribution is 7.98. The molecule has 1 unspecified atom stereocenters. The van der Waals surface area contributed by atoms with E-state index < -0.39 is 11.6 Å². The van der Waals surface area contributed by atoms with Gasteiger partial charge in [-0.1, -0.05) is 0 Å². The van der Waals surface area contributed by atoms with Crippen molar-refractivity contribution in [3.63, 3.8) is 0 Å². The molecule has 0 bridgehead atoms. The number of benzene rings is 1. The van der Waals surface area contributed by atoms with Gasteiger partial charge in [0.15, 0.2) is 0 Å². The van der Waals surface area contributed by atoms with Gasteiger partial charge in [0.05, 0.1) is 0 Å². The van der Waals surface area contributed by atoms with Crippen molar-refractivity contribution in [1.82, 2.24) is 5.43 Å². The van der Waals surface area contributed by atoms with Gasteiger partial charge in [-0.25, -0.2) is 8.78 Å². The van der Waals surface area contributed by atoms with Crippen molar-refractivity contribution in [1.29, 1.82) is 0 Å². The SMILES string of the molecule is CSCCC(NN)c1cc(F)cc(F)c1. The van der Waals surface area contributed by atoms with Crippen molar-refractivity contribution in [2.24, 2.45) is 5.84 Å². The summed E-state index contributed by atoms with van der Waals surface area (Å²) in [6.07, 6.45) is 2.71. The van der Waals surface area contributed by atoms with E-state index in [0.29, 0.717) is 5.56 Å². The van der Waals surface area contributed by atoms with Crippen molar-refractivity contribution in [2.45, 2.75) is 12.5 Å². The topological polar surface area (TPSA) is 38.0 Å². The monoisotopic (exact) mass is 232 g/mol. The van der Waals surface area contributed by atoms with Crippen molar-refractivity contribution in [3.05, 3.63) is 35.4 Å². The third-order valence-corrected chi connectivity index (χ3v) is 2.74. The van der Waals surface area contributed by atoms with Crippen LogP contribution < -0.4 is 11.3 Å².